The lowest BCUT2D eigenvalue weighted by Gasteiger charge is -2.24. The van der Waals surface area contributed by atoms with Gasteiger partial charge in [0.05, 0.1) is 20.6 Å². The zero-order chi connectivity index (χ0) is 24.3. The third-order valence-electron chi connectivity index (χ3n) is 6.39. The maximum Gasteiger partial charge on any atom is 0.268 e. The van der Waals surface area contributed by atoms with E-state index < -0.39 is 25.1 Å². The Morgan fingerprint density at radius 3 is 1.91 bits per heavy atom. The number of hydrogen-bond donors (Lipinski definition) is 0. The Bertz CT molecular complexity index is 1650. The van der Waals surface area contributed by atoms with Crippen LogP contribution in [0.15, 0.2) is 82.6 Å². The summed E-state index contributed by atoms with van der Waals surface area (Å²) in [7, 11) is -7.93. The highest BCUT2D eigenvalue weighted by Gasteiger charge is 2.40. The van der Waals surface area contributed by atoms with Crippen LogP contribution in [0.1, 0.15) is 33.6 Å². The molecule has 0 saturated heterocycles. The van der Waals surface area contributed by atoms with Crippen molar-refractivity contribution >= 4 is 36.5 Å². The minimum Gasteiger partial charge on any atom is -0.294 e. The number of sulfone groups is 1. The highest BCUT2D eigenvalue weighted by atomic mass is 32.2. The zero-order valence-corrected chi connectivity index (χ0v) is 20.4. The molecule has 1 unspecified atom stereocenters. The van der Waals surface area contributed by atoms with Crippen LogP contribution in [0.5, 0.6) is 0 Å². The summed E-state index contributed by atoms with van der Waals surface area (Å²) in [5.41, 5.74) is 2.72. The Morgan fingerprint density at radius 1 is 0.735 bits per heavy atom. The molecule has 0 radical (unpaired) electrons. The Labute approximate surface area is 198 Å². The van der Waals surface area contributed by atoms with Crippen LogP contribution >= 0.6 is 0 Å². The van der Waals surface area contributed by atoms with Gasteiger partial charge in [0.15, 0.2) is 15.6 Å². The quantitative estimate of drug-likeness (QED) is 0.419. The number of fused-ring (bicyclic) bond motifs is 3. The first-order valence-corrected chi connectivity index (χ1v) is 13.9. The molecule has 3 aromatic carbocycles. The molecule has 34 heavy (non-hydrogen) atoms. The molecule has 1 aliphatic carbocycles. The third kappa shape index (κ3) is 3.49. The van der Waals surface area contributed by atoms with E-state index in [-0.39, 0.29) is 34.1 Å². The van der Waals surface area contributed by atoms with E-state index in [1.165, 1.54) is 24.3 Å². The van der Waals surface area contributed by atoms with Gasteiger partial charge in [0.25, 0.3) is 10.0 Å². The second-order valence-corrected chi connectivity index (χ2v) is 12.7. The highest BCUT2D eigenvalue weighted by molar-refractivity contribution is 7.92. The van der Waals surface area contributed by atoms with Crippen molar-refractivity contribution in [1.82, 2.24) is 3.97 Å². The number of benzene rings is 3. The van der Waals surface area contributed by atoms with E-state index in [0.717, 1.165) is 15.1 Å². The molecular weight excluding hydrogens is 470 g/mol. The molecule has 1 heterocycles. The summed E-state index contributed by atoms with van der Waals surface area (Å²) in [5.74, 6) is -0.365. The van der Waals surface area contributed by atoms with E-state index >= 15 is 0 Å². The number of hydrogen-bond acceptors (Lipinski definition) is 5. The lowest BCUT2D eigenvalue weighted by atomic mass is 9.94. The second-order valence-electron chi connectivity index (χ2n) is 8.73. The van der Waals surface area contributed by atoms with E-state index in [1.807, 2.05) is 13.8 Å². The Morgan fingerprint density at radius 2 is 1.29 bits per heavy atom. The molecule has 0 amide bonds. The van der Waals surface area contributed by atoms with Crippen LogP contribution in [0.4, 0.5) is 0 Å². The van der Waals surface area contributed by atoms with Crippen molar-refractivity contribution in [3.63, 3.8) is 0 Å². The lowest BCUT2D eigenvalue weighted by Crippen LogP contribution is -2.33. The zero-order valence-electron chi connectivity index (χ0n) is 18.7. The van der Waals surface area contributed by atoms with Crippen molar-refractivity contribution in [2.24, 2.45) is 0 Å². The summed E-state index contributed by atoms with van der Waals surface area (Å²) < 4.78 is 55.5. The molecule has 1 aromatic heterocycles. The molecule has 0 N–H and O–H groups in total. The number of para-hydroxylation sites is 1. The van der Waals surface area contributed by atoms with Crippen molar-refractivity contribution < 1.29 is 21.6 Å². The number of aryl methyl sites for hydroxylation is 2. The van der Waals surface area contributed by atoms with Gasteiger partial charge in [0.1, 0.15) is 0 Å². The third-order valence-corrected chi connectivity index (χ3v) is 10.3. The van der Waals surface area contributed by atoms with Crippen LogP contribution < -0.4 is 0 Å². The lowest BCUT2D eigenvalue weighted by molar-refractivity contribution is 0.0974. The van der Waals surface area contributed by atoms with Gasteiger partial charge >= 0.3 is 0 Å². The number of Topliss-reactive ketones (excluding diaryl/α,β-unsaturated/α-hetero) is 1. The van der Waals surface area contributed by atoms with Crippen molar-refractivity contribution in [2.75, 3.05) is 0 Å². The van der Waals surface area contributed by atoms with Crippen LogP contribution in [-0.4, -0.2) is 31.8 Å². The summed E-state index contributed by atoms with van der Waals surface area (Å²) in [5, 5.41) is -0.532. The topological polar surface area (TPSA) is 90.3 Å². The minimum absolute atomic E-state index is 0.0724. The average molecular weight is 494 g/mol. The van der Waals surface area contributed by atoms with Gasteiger partial charge in [-0.15, -0.1) is 0 Å². The Kier molecular flexibility index (Phi) is 5.26. The normalized spacial score (nSPS) is 16.5. The van der Waals surface area contributed by atoms with E-state index in [4.69, 9.17) is 0 Å². The molecule has 4 aromatic rings. The summed E-state index contributed by atoms with van der Waals surface area (Å²) in [6.45, 7) is 3.73. The van der Waals surface area contributed by atoms with Crippen LogP contribution in [0.2, 0.25) is 0 Å². The van der Waals surface area contributed by atoms with E-state index in [9.17, 15) is 21.6 Å². The molecule has 174 valence electrons. The molecule has 0 aliphatic heterocycles. The van der Waals surface area contributed by atoms with Crippen molar-refractivity contribution in [2.45, 2.75) is 41.7 Å². The average Bonchev–Trinajstić information content (AvgIpc) is 3.15. The summed E-state index contributed by atoms with van der Waals surface area (Å²) in [6, 6.07) is 19.8. The molecular formula is C26H23NO5S2. The first-order chi connectivity index (χ1) is 16.1. The number of rotatable bonds is 4. The van der Waals surface area contributed by atoms with Gasteiger partial charge in [-0.1, -0.05) is 53.6 Å². The van der Waals surface area contributed by atoms with Gasteiger partial charge in [-0.3, -0.25) is 4.79 Å². The van der Waals surface area contributed by atoms with Gasteiger partial charge in [0.2, 0.25) is 0 Å². The highest BCUT2D eigenvalue weighted by Crippen LogP contribution is 2.37. The van der Waals surface area contributed by atoms with Gasteiger partial charge in [-0.2, -0.15) is 0 Å². The van der Waals surface area contributed by atoms with Crippen molar-refractivity contribution in [3.8, 4) is 0 Å². The monoisotopic (exact) mass is 493 g/mol. The largest absolute Gasteiger partial charge is 0.294 e. The van der Waals surface area contributed by atoms with Crippen molar-refractivity contribution in [3.05, 3.63) is 95.2 Å². The van der Waals surface area contributed by atoms with E-state index in [2.05, 4.69) is 0 Å². The van der Waals surface area contributed by atoms with Crippen LogP contribution in [0.25, 0.3) is 10.9 Å². The molecule has 5 rings (SSSR count). The predicted octanol–water partition coefficient (Wildman–Crippen LogP) is 4.47. The second kappa shape index (κ2) is 7.92. The number of nitrogens with zero attached hydrogens (tertiary/aromatic N) is 1. The Hall–Kier alpha value is -3.23. The number of carbonyl (C=O) groups is 1. The summed E-state index contributed by atoms with van der Waals surface area (Å²) in [4.78, 5) is 13.5. The molecule has 0 spiro atoms. The maximum atomic E-state index is 13.8. The summed E-state index contributed by atoms with van der Waals surface area (Å²) in [6.07, 6.45) is -0.265. The molecule has 6 nitrogen and oxygen atoms in total. The smallest absolute Gasteiger partial charge is 0.268 e. The summed E-state index contributed by atoms with van der Waals surface area (Å²) >= 11 is 0. The fourth-order valence-electron chi connectivity index (χ4n) is 4.59. The van der Waals surface area contributed by atoms with Gasteiger partial charge in [-0.05, 0) is 44.2 Å². The van der Waals surface area contributed by atoms with Crippen LogP contribution in [0, 0.1) is 13.8 Å². The first-order valence-electron chi connectivity index (χ1n) is 10.9. The van der Waals surface area contributed by atoms with E-state index in [0.29, 0.717) is 16.5 Å². The first kappa shape index (κ1) is 22.6. The minimum atomic E-state index is -4.07. The Balaban J connectivity index is 1.72. The molecule has 1 atom stereocenters. The molecule has 0 bridgehead atoms. The van der Waals surface area contributed by atoms with Crippen molar-refractivity contribution in [1.29, 1.82) is 0 Å². The van der Waals surface area contributed by atoms with Gasteiger partial charge in [0, 0.05) is 29.5 Å². The van der Waals surface area contributed by atoms with Crippen LogP contribution in [-0.2, 0) is 26.3 Å². The predicted molar refractivity (Wildman–Crippen MR) is 131 cm³/mol. The SMILES string of the molecule is Cc1ccc(S(=O)(=O)C2CC(=O)c3c(n(S(=O)(=O)c4ccc(C)cc4)c4ccccc34)C2)cc1. The van der Waals surface area contributed by atoms with Gasteiger partial charge < -0.3 is 0 Å². The molecule has 1 aliphatic rings. The fraction of sp³-hybridized carbons (Fsp3) is 0.192. The molecule has 0 saturated carbocycles. The number of ketones is 1. The number of carbonyl (C=O) groups excluding carboxylic acids is 1. The number of aromatic nitrogens is 1. The maximum absolute atomic E-state index is 13.8. The van der Waals surface area contributed by atoms with Gasteiger partial charge in [-0.25, -0.2) is 20.8 Å². The molecule has 8 heteroatoms. The van der Waals surface area contributed by atoms with E-state index in [1.54, 1.807) is 48.5 Å². The van der Waals surface area contributed by atoms with Crippen LogP contribution in [0.3, 0.4) is 0 Å². The standard InChI is InChI=1S/C26H23NO5S2/c1-17-7-11-19(12-8-17)33(29,30)21-15-24-26(25(28)16-21)22-5-3-4-6-23(22)27(24)34(31,32)20-13-9-18(2)10-14-20/h3-14,21H,15-16H2,1-2H3. The fourth-order valence-corrected chi connectivity index (χ4v) is 7.80. The molecule has 0 fully saturated rings.